The van der Waals surface area contributed by atoms with Gasteiger partial charge in [-0.3, -0.25) is 0 Å². The predicted octanol–water partition coefficient (Wildman–Crippen LogP) is 1.99. The van der Waals surface area contributed by atoms with Crippen molar-refractivity contribution in [2.45, 2.75) is 19.8 Å². The smallest absolute Gasteiger partial charge is 0.128 e. The van der Waals surface area contributed by atoms with Crippen molar-refractivity contribution in [3.63, 3.8) is 0 Å². The number of nitrogens with two attached hydrogens (primary N) is 1. The summed E-state index contributed by atoms with van der Waals surface area (Å²) >= 11 is 0. The lowest BCUT2D eigenvalue weighted by Crippen LogP contribution is -2.36. The summed E-state index contributed by atoms with van der Waals surface area (Å²) in [6.45, 7) is 5.13. The third-order valence-corrected chi connectivity index (χ3v) is 3.17. The first kappa shape index (κ1) is 13.3. The summed E-state index contributed by atoms with van der Waals surface area (Å²) < 4.78 is 0. The average Bonchev–Trinajstić information content (AvgIpc) is 2.29. The van der Waals surface area contributed by atoms with Gasteiger partial charge >= 0.3 is 0 Å². The fraction of sp³-hybridized carbons (Fsp3) is 0.583. The molecule has 0 saturated carbocycles. The number of pyridine rings is 1. The molecule has 0 radical (unpaired) electrons. The maximum absolute atomic E-state index is 5.68. The van der Waals surface area contributed by atoms with E-state index < -0.39 is 0 Å². The van der Waals surface area contributed by atoms with E-state index in [2.05, 4.69) is 22.9 Å². The zero-order valence-corrected chi connectivity index (χ0v) is 10.5. The molecule has 0 aliphatic carbocycles. The summed E-state index contributed by atoms with van der Waals surface area (Å²) in [5.41, 5.74) is 6.96. The molecule has 16 heavy (non-hydrogen) atoms. The van der Waals surface area contributed by atoms with Crippen LogP contribution in [0.25, 0.3) is 0 Å². The van der Waals surface area contributed by atoms with Crippen LogP contribution in [0.2, 0.25) is 0 Å². The van der Waals surface area contributed by atoms with E-state index in [4.69, 9.17) is 5.73 Å². The van der Waals surface area contributed by atoms with E-state index in [1.54, 1.807) is 0 Å². The Hall–Kier alpha value is -0.800. The van der Waals surface area contributed by atoms with Gasteiger partial charge in [0.25, 0.3) is 0 Å². The topological polar surface area (TPSA) is 42.2 Å². The maximum atomic E-state index is 5.68. The second kappa shape index (κ2) is 6.06. The normalized spacial score (nSPS) is 17.0. The molecule has 1 fully saturated rings. The average molecular weight is 242 g/mol. The molecule has 1 aromatic heterocycles. The molecule has 2 heterocycles. The SMILES string of the molecule is Cc1ccnc(N2CCC(CN)CC2)c1.Cl. The molecule has 0 spiro atoms. The second-order valence-electron chi connectivity index (χ2n) is 4.36. The minimum absolute atomic E-state index is 0. The largest absolute Gasteiger partial charge is 0.357 e. The van der Waals surface area contributed by atoms with Crippen molar-refractivity contribution in [3.05, 3.63) is 23.9 Å². The molecule has 0 amide bonds. The van der Waals surface area contributed by atoms with Crippen molar-refractivity contribution in [1.29, 1.82) is 0 Å². The quantitative estimate of drug-likeness (QED) is 0.861. The van der Waals surface area contributed by atoms with Crippen molar-refractivity contribution in [3.8, 4) is 0 Å². The molecule has 1 aromatic rings. The molecule has 1 saturated heterocycles. The number of nitrogens with zero attached hydrogens (tertiary/aromatic N) is 2. The van der Waals surface area contributed by atoms with E-state index in [0.717, 1.165) is 25.5 Å². The predicted molar refractivity (Wildman–Crippen MR) is 70.2 cm³/mol. The van der Waals surface area contributed by atoms with Gasteiger partial charge in [0, 0.05) is 19.3 Å². The number of halogens is 1. The summed E-state index contributed by atoms with van der Waals surface area (Å²) in [6.07, 6.45) is 4.29. The molecule has 1 aliphatic rings. The van der Waals surface area contributed by atoms with Gasteiger partial charge in [-0.15, -0.1) is 12.4 Å². The molecule has 0 bridgehead atoms. The summed E-state index contributed by atoms with van der Waals surface area (Å²) in [5.74, 6) is 1.83. The lowest BCUT2D eigenvalue weighted by atomic mass is 9.97. The van der Waals surface area contributed by atoms with Crippen molar-refractivity contribution >= 4 is 18.2 Å². The van der Waals surface area contributed by atoms with Crippen molar-refractivity contribution in [2.75, 3.05) is 24.5 Å². The minimum Gasteiger partial charge on any atom is -0.357 e. The first-order valence-corrected chi connectivity index (χ1v) is 5.67. The Balaban J connectivity index is 0.00000128. The lowest BCUT2D eigenvalue weighted by molar-refractivity contribution is 0.413. The van der Waals surface area contributed by atoms with Crippen LogP contribution in [0, 0.1) is 12.8 Å². The van der Waals surface area contributed by atoms with Crippen LogP contribution in [0.4, 0.5) is 5.82 Å². The summed E-state index contributed by atoms with van der Waals surface area (Å²) in [5, 5.41) is 0. The number of anilines is 1. The number of hydrogen-bond donors (Lipinski definition) is 1. The Bertz CT molecular complexity index is 322. The van der Waals surface area contributed by atoms with E-state index >= 15 is 0 Å². The molecular formula is C12H20ClN3. The van der Waals surface area contributed by atoms with Gasteiger partial charge in [0.05, 0.1) is 0 Å². The van der Waals surface area contributed by atoms with Gasteiger partial charge in [-0.05, 0) is 49.9 Å². The Labute approximate surface area is 103 Å². The Kier molecular flexibility index (Phi) is 5.03. The Morgan fingerprint density at radius 2 is 2.12 bits per heavy atom. The van der Waals surface area contributed by atoms with Gasteiger partial charge in [-0.2, -0.15) is 0 Å². The molecule has 0 aromatic carbocycles. The van der Waals surface area contributed by atoms with E-state index in [1.807, 2.05) is 12.3 Å². The highest BCUT2D eigenvalue weighted by molar-refractivity contribution is 5.85. The highest BCUT2D eigenvalue weighted by Gasteiger charge is 2.18. The van der Waals surface area contributed by atoms with Gasteiger partial charge in [0.2, 0.25) is 0 Å². The fourth-order valence-corrected chi connectivity index (χ4v) is 2.09. The third kappa shape index (κ3) is 3.09. The highest BCUT2D eigenvalue weighted by Crippen LogP contribution is 2.21. The maximum Gasteiger partial charge on any atom is 0.128 e. The standard InChI is InChI=1S/C12H19N3.ClH/c1-10-2-5-14-12(8-10)15-6-3-11(9-13)4-7-15;/h2,5,8,11H,3-4,6-7,9,13H2,1H3;1H. The number of rotatable bonds is 2. The van der Waals surface area contributed by atoms with Crippen molar-refractivity contribution in [1.82, 2.24) is 4.98 Å². The van der Waals surface area contributed by atoms with Crippen molar-refractivity contribution in [2.24, 2.45) is 11.7 Å². The van der Waals surface area contributed by atoms with Crippen LogP contribution >= 0.6 is 12.4 Å². The Morgan fingerprint density at radius 1 is 1.44 bits per heavy atom. The van der Waals surface area contributed by atoms with Gasteiger partial charge in [0.15, 0.2) is 0 Å². The van der Waals surface area contributed by atoms with Gasteiger partial charge < -0.3 is 10.6 Å². The molecule has 3 nitrogen and oxygen atoms in total. The summed E-state index contributed by atoms with van der Waals surface area (Å²) in [6, 6.07) is 4.19. The molecule has 4 heteroatoms. The first-order valence-electron chi connectivity index (χ1n) is 5.67. The molecular weight excluding hydrogens is 222 g/mol. The van der Waals surface area contributed by atoms with Gasteiger partial charge in [0.1, 0.15) is 5.82 Å². The van der Waals surface area contributed by atoms with Crippen LogP contribution in [0.1, 0.15) is 18.4 Å². The number of piperidine rings is 1. The first-order chi connectivity index (χ1) is 7.29. The van der Waals surface area contributed by atoms with E-state index in [-0.39, 0.29) is 12.4 Å². The highest BCUT2D eigenvalue weighted by atomic mass is 35.5. The zero-order chi connectivity index (χ0) is 10.7. The summed E-state index contributed by atoms with van der Waals surface area (Å²) in [4.78, 5) is 6.77. The second-order valence-corrected chi connectivity index (χ2v) is 4.36. The zero-order valence-electron chi connectivity index (χ0n) is 9.72. The molecule has 0 atom stereocenters. The van der Waals surface area contributed by atoms with E-state index in [1.165, 1.54) is 18.4 Å². The molecule has 90 valence electrons. The van der Waals surface area contributed by atoms with Crippen LogP contribution in [0.5, 0.6) is 0 Å². The van der Waals surface area contributed by atoms with Gasteiger partial charge in [-0.25, -0.2) is 4.98 Å². The third-order valence-electron chi connectivity index (χ3n) is 3.17. The number of hydrogen-bond acceptors (Lipinski definition) is 3. The van der Waals surface area contributed by atoms with E-state index in [0.29, 0.717) is 5.92 Å². The number of aryl methyl sites for hydroxylation is 1. The molecule has 2 N–H and O–H groups in total. The van der Waals surface area contributed by atoms with E-state index in [9.17, 15) is 0 Å². The molecule has 1 aliphatic heterocycles. The van der Waals surface area contributed by atoms with Crippen LogP contribution in [-0.4, -0.2) is 24.6 Å². The van der Waals surface area contributed by atoms with Crippen LogP contribution in [0.15, 0.2) is 18.3 Å². The van der Waals surface area contributed by atoms with Crippen LogP contribution < -0.4 is 10.6 Å². The molecule has 0 unspecified atom stereocenters. The number of aromatic nitrogens is 1. The monoisotopic (exact) mass is 241 g/mol. The summed E-state index contributed by atoms with van der Waals surface area (Å²) in [7, 11) is 0. The lowest BCUT2D eigenvalue weighted by Gasteiger charge is -2.32. The fourth-order valence-electron chi connectivity index (χ4n) is 2.09. The minimum atomic E-state index is 0. The van der Waals surface area contributed by atoms with Crippen LogP contribution in [-0.2, 0) is 0 Å². The van der Waals surface area contributed by atoms with Gasteiger partial charge in [-0.1, -0.05) is 0 Å². The van der Waals surface area contributed by atoms with Crippen molar-refractivity contribution < 1.29 is 0 Å². The Morgan fingerprint density at radius 3 is 2.69 bits per heavy atom. The van der Waals surface area contributed by atoms with Crippen LogP contribution in [0.3, 0.4) is 0 Å². The molecule has 2 rings (SSSR count).